The van der Waals surface area contributed by atoms with E-state index in [4.69, 9.17) is 30.1 Å². The molecule has 12 nitrogen and oxygen atoms in total. The maximum Gasteiger partial charge on any atom is 0.303 e. The molecule has 12 rings (SSSR count). The number of hydrogen-bond acceptors (Lipinski definition) is 10. The lowest BCUT2D eigenvalue weighted by atomic mass is 9.60. The molecule has 0 aromatic carbocycles. The standard InChI is InChI=1S/2C19H26N4O2/c2*1-11-5-6-23(11)19-20-16-4-2-3-14(16)18(21-19)22-9-12-7-13(10-22)15(12)8-17(24)25/h2*11-13,15H,2-10H2,1H3,(H,24,25)/t2*11?,12-,13+,15?. The van der Waals surface area contributed by atoms with Crippen molar-refractivity contribution in [1.29, 1.82) is 0 Å². The Morgan fingerprint density at radius 3 is 1.34 bits per heavy atom. The van der Waals surface area contributed by atoms with Crippen LogP contribution in [0, 0.1) is 35.5 Å². The molecule has 0 amide bonds. The van der Waals surface area contributed by atoms with Crippen LogP contribution in [0.1, 0.15) is 87.7 Å². The van der Waals surface area contributed by atoms with E-state index in [0.29, 0.717) is 60.4 Å². The SMILES string of the molecule is CC1CCN1c1nc2c(c(N3C[C@H]4C[C@@H](C3)C4CC(=O)O)n1)CCC2.CC1CCN1c1nc2c(c(N3C[C@H]4C[C@@H](C3)C4CC(=O)O)n1)CCC2. The van der Waals surface area contributed by atoms with E-state index in [9.17, 15) is 9.59 Å². The van der Waals surface area contributed by atoms with Gasteiger partial charge < -0.3 is 29.8 Å². The van der Waals surface area contributed by atoms with Gasteiger partial charge in [-0.2, -0.15) is 9.97 Å². The number of aromatic nitrogens is 4. The van der Waals surface area contributed by atoms with E-state index in [1.807, 2.05) is 0 Å². The predicted molar refractivity (Wildman–Crippen MR) is 190 cm³/mol. The van der Waals surface area contributed by atoms with Crippen molar-refractivity contribution in [2.75, 3.05) is 58.9 Å². The first-order chi connectivity index (χ1) is 24.2. The minimum atomic E-state index is -0.648. The van der Waals surface area contributed by atoms with Crippen molar-refractivity contribution < 1.29 is 19.8 Å². The number of aryl methyl sites for hydroxylation is 2. The van der Waals surface area contributed by atoms with Gasteiger partial charge in [0.1, 0.15) is 11.6 Å². The second-order valence-electron chi connectivity index (χ2n) is 16.8. The molecule has 2 aromatic heterocycles. The van der Waals surface area contributed by atoms with Gasteiger partial charge in [-0.1, -0.05) is 0 Å². The normalized spacial score (nSPS) is 32.8. The highest BCUT2D eigenvalue weighted by atomic mass is 16.4. The molecule has 50 heavy (non-hydrogen) atoms. The quantitative estimate of drug-likeness (QED) is 0.412. The largest absolute Gasteiger partial charge is 0.481 e. The van der Waals surface area contributed by atoms with Gasteiger partial charge in [-0.15, -0.1) is 0 Å². The van der Waals surface area contributed by atoms with E-state index < -0.39 is 11.9 Å². The molecule has 0 radical (unpaired) electrons. The molecule has 2 saturated carbocycles. The van der Waals surface area contributed by atoms with Crippen LogP contribution in [0.5, 0.6) is 0 Å². The fourth-order valence-electron chi connectivity index (χ4n) is 10.6. The second-order valence-corrected chi connectivity index (χ2v) is 16.8. The second kappa shape index (κ2) is 12.5. The van der Waals surface area contributed by atoms with Gasteiger partial charge in [-0.3, -0.25) is 9.59 Å². The Morgan fingerprint density at radius 2 is 1.02 bits per heavy atom. The molecule has 8 atom stereocenters. The zero-order valence-electron chi connectivity index (χ0n) is 29.6. The van der Waals surface area contributed by atoms with Crippen molar-refractivity contribution >= 4 is 35.5 Å². The van der Waals surface area contributed by atoms with Crippen LogP contribution < -0.4 is 19.6 Å². The molecule has 4 aliphatic carbocycles. The molecule has 2 N–H and O–H groups in total. The van der Waals surface area contributed by atoms with Crippen LogP contribution in [0.15, 0.2) is 0 Å². The van der Waals surface area contributed by atoms with Gasteiger partial charge in [0.15, 0.2) is 0 Å². The Morgan fingerprint density at radius 1 is 0.620 bits per heavy atom. The molecule has 4 unspecified atom stereocenters. The lowest BCUT2D eigenvalue weighted by Crippen LogP contribution is -2.56. The zero-order chi connectivity index (χ0) is 34.3. The third-order valence-corrected chi connectivity index (χ3v) is 13.8. The third-order valence-electron chi connectivity index (χ3n) is 13.8. The predicted octanol–water partition coefficient (Wildman–Crippen LogP) is 4.22. The molecule has 6 aliphatic heterocycles. The van der Waals surface area contributed by atoms with Gasteiger partial charge in [0, 0.05) is 75.3 Å². The van der Waals surface area contributed by atoms with Crippen LogP contribution >= 0.6 is 0 Å². The van der Waals surface area contributed by atoms with E-state index in [1.54, 1.807) is 0 Å². The Bertz CT molecular complexity index is 1540. The highest BCUT2D eigenvalue weighted by Crippen LogP contribution is 2.50. The first-order valence-electron chi connectivity index (χ1n) is 19.5. The average Bonchev–Trinajstić information content (AvgIpc) is 3.78. The van der Waals surface area contributed by atoms with Crippen molar-refractivity contribution in [3.05, 3.63) is 22.5 Å². The number of hydrogen-bond donors (Lipinski definition) is 2. The van der Waals surface area contributed by atoms with Crippen LogP contribution in [0.4, 0.5) is 23.5 Å². The minimum absolute atomic E-state index is 0.335. The lowest BCUT2D eigenvalue weighted by molar-refractivity contribution is -0.142. The van der Waals surface area contributed by atoms with Crippen LogP contribution in [-0.2, 0) is 35.3 Å². The number of aliphatic carboxylic acids is 2. The number of anilines is 4. The summed E-state index contributed by atoms with van der Waals surface area (Å²) >= 11 is 0. The van der Waals surface area contributed by atoms with Crippen LogP contribution in [0.2, 0.25) is 0 Å². The summed E-state index contributed by atoms with van der Waals surface area (Å²) in [4.78, 5) is 51.5. The van der Waals surface area contributed by atoms with Crippen LogP contribution in [-0.4, -0.2) is 93.4 Å². The molecule has 268 valence electrons. The van der Waals surface area contributed by atoms with Gasteiger partial charge >= 0.3 is 11.9 Å². The summed E-state index contributed by atoms with van der Waals surface area (Å²) in [5.41, 5.74) is 5.21. The number of piperidine rings is 4. The molecule has 0 spiro atoms. The fourth-order valence-corrected chi connectivity index (χ4v) is 10.6. The molecule has 4 bridgehead atoms. The van der Waals surface area contributed by atoms with Gasteiger partial charge in [-0.25, -0.2) is 9.97 Å². The Labute approximate surface area is 294 Å². The number of rotatable bonds is 8. The number of carboxylic acids is 2. The maximum atomic E-state index is 11.1. The summed E-state index contributed by atoms with van der Waals surface area (Å²) in [7, 11) is 0. The molecule has 8 heterocycles. The van der Waals surface area contributed by atoms with Crippen molar-refractivity contribution in [1.82, 2.24) is 19.9 Å². The number of carbonyl (C=O) groups is 2. The highest BCUT2D eigenvalue weighted by molar-refractivity contribution is 5.68. The lowest BCUT2D eigenvalue weighted by Gasteiger charge is -2.54. The van der Waals surface area contributed by atoms with Crippen molar-refractivity contribution in [3.8, 4) is 0 Å². The van der Waals surface area contributed by atoms with Gasteiger partial charge in [-0.05, 0) is 114 Å². The van der Waals surface area contributed by atoms with Gasteiger partial charge in [0.25, 0.3) is 0 Å². The van der Waals surface area contributed by atoms with E-state index in [2.05, 4.69) is 33.4 Å². The highest BCUT2D eigenvalue weighted by Gasteiger charge is 2.49. The fraction of sp³-hybridized carbons (Fsp3) is 0.737. The molecular weight excluding hydrogens is 632 g/mol. The summed E-state index contributed by atoms with van der Waals surface area (Å²) < 4.78 is 0. The first-order valence-corrected chi connectivity index (χ1v) is 19.5. The van der Waals surface area contributed by atoms with Crippen molar-refractivity contribution in [2.24, 2.45) is 35.5 Å². The summed E-state index contributed by atoms with van der Waals surface area (Å²) in [5, 5.41) is 18.3. The van der Waals surface area contributed by atoms with Crippen LogP contribution in [0.3, 0.4) is 0 Å². The number of carboxylic acid groups (broad SMARTS) is 2. The number of nitrogens with zero attached hydrogens (tertiary/aromatic N) is 8. The average molecular weight is 685 g/mol. The molecule has 2 aromatic rings. The Hall–Kier alpha value is -3.70. The topological polar surface area (TPSA) is 139 Å². The maximum absolute atomic E-state index is 11.1. The summed E-state index contributed by atoms with van der Waals surface area (Å²) in [6, 6.07) is 1.09. The summed E-state index contributed by atoms with van der Waals surface area (Å²) in [5.74, 6) is 5.67. The molecule has 10 aliphatic rings. The smallest absolute Gasteiger partial charge is 0.303 e. The molecule has 6 saturated heterocycles. The van der Waals surface area contributed by atoms with Crippen molar-refractivity contribution in [3.63, 3.8) is 0 Å². The monoisotopic (exact) mass is 684 g/mol. The number of fused-ring (bicyclic) bond motifs is 6. The molecule has 8 fully saturated rings. The Balaban J connectivity index is 0.000000135. The zero-order valence-corrected chi connectivity index (χ0v) is 29.6. The molecular formula is C38H52N8O4. The third kappa shape index (κ3) is 5.55. The summed E-state index contributed by atoms with van der Waals surface area (Å²) in [6.07, 6.45) is 12.2. The van der Waals surface area contributed by atoms with E-state index >= 15 is 0 Å². The molecule has 12 heteroatoms. The minimum Gasteiger partial charge on any atom is -0.481 e. The van der Waals surface area contributed by atoms with Crippen molar-refractivity contribution in [2.45, 2.75) is 103 Å². The van der Waals surface area contributed by atoms with Crippen LogP contribution in [0.25, 0.3) is 0 Å². The van der Waals surface area contributed by atoms with E-state index in [-0.39, 0.29) is 0 Å². The van der Waals surface area contributed by atoms with E-state index in [1.165, 1.54) is 61.0 Å². The first kappa shape index (κ1) is 32.2. The van der Waals surface area contributed by atoms with Gasteiger partial charge in [0.2, 0.25) is 11.9 Å². The van der Waals surface area contributed by atoms with E-state index in [0.717, 1.165) is 88.5 Å². The van der Waals surface area contributed by atoms with Gasteiger partial charge in [0.05, 0.1) is 11.4 Å². The summed E-state index contributed by atoms with van der Waals surface area (Å²) in [6.45, 7) is 10.5. The Kier molecular flexibility index (Phi) is 8.06.